The van der Waals surface area contributed by atoms with E-state index in [1.165, 1.54) is 35.5 Å². The number of Topliss-reactive ketones (excluding diaryl/α,β-unsaturated/α-hetero) is 1. The van der Waals surface area contributed by atoms with Gasteiger partial charge in [0.2, 0.25) is 10.0 Å². The van der Waals surface area contributed by atoms with Gasteiger partial charge < -0.3 is 4.90 Å². The van der Waals surface area contributed by atoms with Crippen molar-refractivity contribution in [2.45, 2.75) is 11.8 Å². The van der Waals surface area contributed by atoms with Crippen LogP contribution in [0.2, 0.25) is 0 Å². The predicted octanol–water partition coefficient (Wildman–Crippen LogP) is 1.67. The van der Waals surface area contributed by atoms with Crippen LogP contribution in [0.5, 0.6) is 0 Å². The summed E-state index contributed by atoms with van der Waals surface area (Å²) in [5.41, 5.74) is 0.955. The lowest BCUT2D eigenvalue weighted by molar-refractivity contribution is 0.101. The van der Waals surface area contributed by atoms with Crippen molar-refractivity contribution in [3.63, 3.8) is 0 Å². The van der Waals surface area contributed by atoms with Crippen molar-refractivity contribution in [2.24, 2.45) is 0 Å². The van der Waals surface area contributed by atoms with E-state index in [9.17, 15) is 18.5 Å². The van der Waals surface area contributed by atoms with Crippen molar-refractivity contribution in [2.75, 3.05) is 31.1 Å². The van der Waals surface area contributed by atoms with E-state index in [1.807, 2.05) is 4.90 Å². The summed E-state index contributed by atoms with van der Waals surface area (Å²) >= 11 is 0. The monoisotopic (exact) mass is 370 g/mol. The van der Waals surface area contributed by atoms with Gasteiger partial charge in [-0.05, 0) is 31.2 Å². The normalized spacial score (nSPS) is 15.5. The highest BCUT2D eigenvalue weighted by Crippen LogP contribution is 2.22. The first kappa shape index (κ1) is 18.0. The number of carbonyl (C=O) groups excluding carboxylic acids is 1. The molecule has 0 spiro atoms. The molecular formula is C18H18N4O3S. The van der Waals surface area contributed by atoms with E-state index in [4.69, 9.17) is 0 Å². The minimum Gasteiger partial charge on any atom is -0.353 e. The SMILES string of the molecule is CC(=O)c1ccc(S(=O)(=O)N2CCN(c3ncccc3C#N)CC2)cc1. The molecule has 8 heteroatoms. The Morgan fingerprint density at radius 1 is 1.12 bits per heavy atom. The summed E-state index contributed by atoms with van der Waals surface area (Å²) in [6.07, 6.45) is 1.62. The van der Waals surface area contributed by atoms with Gasteiger partial charge in [-0.2, -0.15) is 9.57 Å². The molecule has 1 saturated heterocycles. The second-order valence-electron chi connectivity index (χ2n) is 5.96. The third kappa shape index (κ3) is 3.45. The smallest absolute Gasteiger partial charge is 0.243 e. The number of hydrogen-bond acceptors (Lipinski definition) is 6. The van der Waals surface area contributed by atoms with Crippen LogP contribution < -0.4 is 4.90 Å². The average molecular weight is 370 g/mol. The Labute approximate surface area is 152 Å². The molecule has 26 heavy (non-hydrogen) atoms. The van der Waals surface area contributed by atoms with Crippen LogP contribution in [0, 0.1) is 11.3 Å². The van der Waals surface area contributed by atoms with Crippen LogP contribution in [0.4, 0.5) is 5.82 Å². The summed E-state index contributed by atoms with van der Waals surface area (Å²) in [7, 11) is -3.62. The van der Waals surface area contributed by atoms with Crippen LogP contribution >= 0.6 is 0 Å². The van der Waals surface area contributed by atoms with Crippen LogP contribution in [0.25, 0.3) is 0 Å². The van der Waals surface area contributed by atoms with E-state index in [0.29, 0.717) is 43.1 Å². The minimum atomic E-state index is -3.62. The molecule has 0 amide bonds. The molecule has 2 aromatic rings. The maximum atomic E-state index is 12.8. The second-order valence-corrected chi connectivity index (χ2v) is 7.90. The fraction of sp³-hybridized carbons (Fsp3) is 0.278. The molecule has 7 nitrogen and oxygen atoms in total. The van der Waals surface area contributed by atoms with Gasteiger partial charge in [0.05, 0.1) is 10.5 Å². The quantitative estimate of drug-likeness (QED) is 0.760. The summed E-state index contributed by atoms with van der Waals surface area (Å²) in [4.78, 5) is 17.7. The molecule has 1 aromatic heterocycles. The van der Waals surface area contributed by atoms with Crippen molar-refractivity contribution < 1.29 is 13.2 Å². The number of hydrogen-bond donors (Lipinski definition) is 0. The number of nitrogens with zero attached hydrogens (tertiary/aromatic N) is 4. The van der Waals surface area contributed by atoms with E-state index >= 15 is 0 Å². The topological polar surface area (TPSA) is 94.4 Å². The maximum absolute atomic E-state index is 12.8. The average Bonchev–Trinajstić information content (AvgIpc) is 2.68. The molecule has 1 fully saturated rings. The Morgan fingerprint density at radius 2 is 1.77 bits per heavy atom. The molecule has 1 aliphatic heterocycles. The van der Waals surface area contributed by atoms with Crippen LogP contribution in [0.3, 0.4) is 0 Å². The van der Waals surface area contributed by atoms with Gasteiger partial charge in [0, 0.05) is 37.9 Å². The Bertz CT molecular complexity index is 957. The lowest BCUT2D eigenvalue weighted by atomic mass is 10.2. The first-order valence-electron chi connectivity index (χ1n) is 8.14. The van der Waals surface area contributed by atoms with Crippen molar-refractivity contribution >= 4 is 21.6 Å². The molecule has 0 bridgehead atoms. The molecule has 0 aliphatic carbocycles. The molecular weight excluding hydrogens is 352 g/mol. The Kier molecular flexibility index (Phi) is 5.02. The van der Waals surface area contributed by atoms with Crippen LogP contribution in [0.15, 0.2) is 47.5 Å². The van der Waals surface area contributed by atoms with E-state index in [-0.39, 0.29) is 10.7 Å². The Balaban J connectivity index is 1.74. The third-order valence-electron chi connectivity index (χ3n) is 4.34. The van der Waals surface area contributed by atoms with Crippen LogP contribution in [0.1, 0.15) is 22.8 Å². The predicted molar refractivity (Wildman–Crippen MR) is 96.4 cm³/mol. The lowest BCUT2D eigenvalue weighted by Gasteiger charge is -2.34. The van der Waals surface area contributed by atoms with Crippen LogP contribution in [-0.2, 0) is 10.0 Å². The molecule has 3 rings (SSSR count). The molecule has 2 heterocycles. The Morgan fingerprint density at radius 3 is 2.35 bits per heavy atom. The largest absolute Gasteiger partial charge is 0.353 e. The number of benzene rings is 1. The number of sulfonamides is 1. The van der Waals surface area contributed by atoms with Gasteiger partial charge in [-0.3, -0.25) is 4.79 Å². The van der Waals surface area contributed by atoms with Gasteiger partial charge in [-0.15, -0.1) is 0 Å². The summed E-state index contributed by atoms with van der Waals surface area (Å²) in [5.74, 6) is 0.476. The molecule has 134 valence electrons. The van der Waals surface area contributed by atoms with Crippen molar-refractivity contribution in [3.05, 3.63) is 53.7 Å². The van der Waals surface area contributed by atoms with Gasteiger partial charge in [-0.1, -0.05) is 12.1 Å². The fourth-order valence-electron chi connectivity index (χ4n) is 2.89. The fourth-order valence-corrected chi connectivity index (χ4v) is 4.31. The zero-order valence-electron chi connectivity index (χ0n) is 14.3. The highest BCUT2D eigenvalue weighted by atomic mass is 32.2. The zero-order chi connectivity index (χ0) is 18.7. The van der Waals surface area contributed by atoms with Gasteiger partial charge in [-0.25, -0.2) is 13.4 Å². The highest BCUT2D eigenvalue weighted by molar-refractivity contribution is 7.89. The van der Waals surface area contributed by atoms with E-state index in [1.54, 1.807) is 18.3 Å². The highest BCUT2D eigenvalue weighted by Gasteiger charge is 2.29. The summed E-state index contributed by atoms with van der Waals surface area (Å²) in [6, 6.07) is 11.5. The number of rotatable bonds is 4. The number of pyridine rings is 1. The molecule has 1 aliphatic rings. The summed E-state index contributed by atoms with van der Waals surface area (Å²) in [5, 5.41) is 9.19. The van der Waals surface area contributed by atoms with Crippen LogP contribution in [-0.4, -0.2) is 49.7 Å². The molecule has 0 atom stereocenters. The first-order chi connectivity index (χ1) is 12.4. The van der Waals surface area contributed by atoms with Crippen molar-refractivity contribution in [1.29, 1.82) is 5.26 Å². The summed E-state index contributed by atoms with van der Waals surface area (Å²) in [6.45, 7) is 2.96. The number of piperazine rings is 1. The molecule has 0 saturated carbocycles. The van der Waals surface area contributed by atoms with Gasteiger partial charge >= 0.3 is 0 Å². The van der Waals surface area contributed by atoms with Crippen molar-refractivity contribution in [1.82, 2.24) is 9.29 Å². The number of aromatic nitrogens is 1. The first-order valence-corrected chi connectivity index (χ1v) is 9.58. The Hall–Kier alpha value is -2.76. The number of carbonyl (C=O) groups is 1. The van der Waals surface area contributed by atoms with Gasteiger partial charge in [0.1, 0.15) is 11.9 Å². The molecule has 0 radical (unpaired) electrons. The van der Waals surface area contributed by atoms with Gasteiger partial charge in [0.15, 0.2) is 5.78 Å². The molecule has 0 N–H and O–H groups in total. The van der Waals surface area contributed by atoms with E-state index in [0.717, 1.165) is 0 Å². The number of anilines is 1. The second kappa shape index (κ2) is 7.23. The molecule has 1 aromatic carbocycles. The lowest BCUT2D eigenvalue weighted by Crippen LogP contribution is -2.49. The maximum Gasteiger partial charge on any atom is 0.243 e. The number of ketones is 1. The van der Waals surface area contributed by atoms with Crippen molar-refractivity contribution in [3.8, 4) is 6.07 Å². The standard InChI is InChI=1S/C18H18N4O3S/c1-14(23)15-4-6-17(7-5-15)26(24,25)22-11-9-21(10-12-22)18-16(13-19)3-2-8-20-18/h2-8H,9-12H2,1H3. The van der Waals surface area contributed by atoms with E-state index < -0.39 is 10.0 Å². The number of nitriles is 1. The van der Waals surface area contributed by atoms with Gasteiger partial charge in [0.25, 0.3) is 0 Å². The zero-order valence-corrected chi connectivity index (χ0v) is 15.1. The summed E-state index contributed by atoms with van der Waals surface area (Å²) < 4.78 is 27.0. The third-order valence-corrected chi connectivity index (χ3v) is 6.26. The minimum absolute atomic E-state index is 0.105. The molecule has 0 unspecified atom stereocenters. The van der Waals surface area contributed by atoms with E-state index in [2.05, 4.69) is 11.1 Å².